The summed E-state index contributed by atoms with van der Waals surface area (Å²) in [7, 11) is 0. The number of H-pyrrole nitrogens is 1. The molecule has 3 rings (SSSR count). The van der Waals surface area contributed by atoms with E-state index in [1.54, 1.807) is 12.1 Å². The second-order valence-electron chi connectivity index (χ2n) is 4.43. The molecule has 1 aromatic heterocycles. The second-order valence-corrected chi connectivity index (χ2v) is 4.43. The molecule has 0 radical (unpaired) electrons. The molecular weight excluding hydrogens is 214 g/mol. The van der Waals surface area contributed by atoms with Gasteiger partial charge in [0.25, 0.3) is 0 Å². The lowest BCUT2D eigenvalue weighted by Gasteiger charge is -2.03. The van der Waals surface area contributed by atoms with Crippen LogP contribution >= 0.6 is 0 Å². The van der Waals surface area contributed by atoms with Crippen LogP contribution in [-0.2, 0) is 0 Å². The number of hydrogen-bond acceptors (Lipinski definition) is 3. The van der Waals surface area contributed by atoms with Crippen LogP contribution in [0, 0.1) is 0 Å². The highest BCUT2D eigenvalue weighted by Gasteiger charge is 2.18. The van der Waals surface area contributed by atoms with Gasteiger partial charge >= 0.3 is 0 Å². The van der Waals surface area contributed by atoms with Gasteiger partial charge in [-0.3, -0.25) is 0 Å². The van der Waals surface area contributed by atoms with E-state index in [-0.39, 0.29) is 5.75 Å². The number of rotatable bonds is 2. The van der Waals surface area contributed by atoms with Gasteiger partial charge in [0.1, 0.15) is 11.6 Å². The monoisotopic (exact) mass is 229 g/mol. The van der Waals surface area contributed by atoms with Gasteiger partial charge in [-0.1, -0.05) is 12.1 Å². The Bertz CT molecular complexity index is 515. The number of aromatic amines is 1. The Labute approximate surface area is 99.7 Å². The SMILES string of the molecule is Oc1cccc(-c2ncc(C3CCNC3)[nH]2)c1. The van der Waals surface area contributed by atoms with Crippen molar-refractivity contribution in [3.05, 3.63) is 36.2 Å². The zero-order valence-corrected chi connectivity index (χ0v) is 9.48. The van der Waals surface area contributed by atoms with Crippen LogP contribution < -0.4 is 5.32 Å². The molecule has 3 N–H and O–H groups in total. The number of nitrogens with zero attached hydrogens (tertiary/aromatic N) is 1. The molecule has 1 aliphatic rings. The van der Waals surface area contributed by atoms with Crippen LogP contribution in [0.5, 0.6) is 5.75 Å². The van der Waals surface area contributed by atoms with E-state index in [0.717, 1.165) is 30.9 Å². The Balaban J connectivity index is 1.89. The van der Waals surface area contributed by atoms with Gasteiger partial charge in [0.15, 0.2) is 0 Å². The largest absolute Gasteiger partial charge is 0.508 e. The molecule has 0 bridgehead atoms. The highest BCUT2D eigenvalue weighted by atomic mass is 16.3. The first-order valence-electron chi connectivity index (χ1n) is 5.88. The molecule has 1 aromatic carbocycles. The summed E-state index contributed by atoms with van der Waals surface area (Å²) in [6.45, 7) is 2.09. The second kappa shape index (κ2) is 4.22. The van der Waals surface area contributed by atoms with Crippen molar-refractivity contribution in [1.29, 1.82) is 0 Å². The van der Waals surface area contributed by atoms with Crippen LogP contribution in [0.15, 0.2) is 30.5 Å². The molecule has 1 unspecified atom stereocenters. The van der Waals surface area contributed by atoms with Crippen LogP contribution in [0.4, 0.5) is 0 Å². The Morgan fingerprint density at radius 3 is 3.06 bits per heavy atom. The molecule has 1 fully saturated rings. The van der Waals surface area contributed by atoms with Gasteiger partial charge in [-0.25, -0.2) is 4.98 Å². The van der Waals surface area contributed by atoms with E-state index in [2.05, 4.69) is 15.3 Å². The van der Waals surface area contributed by atoms with Crippen molar-refractivity contribution in [1.82, 2.24) is 15.3 Å². The van der Waals surface area contributed by atoms with Crippen LogP contribution in [0.2, 0.25) is 0 Å². The van der Waals surface area contributed by atoms with Gasteiger partial charge in [-0.15, -0.1) is 0 Å². The fourth-order valence-corrected chi connectivity index (χ4v) is 2.26. The number of hydrogen-bond donors (Lipinski definition) is 3. The minimum Gasteiger partial charge on any atom is -0.508 e. The lowest BCUT2D eigenvalue weighted by Crippen LogP contribution is -2.08. The van der Waals surface area contributed by atoms with E-state index in [9.17, 15) is 5.11 Å². The number of phenolic OH excluding ortho intramolecular Hbond substituents is 1. The molecule has 0 aliphatic carbocycles. The molecule has 0 saturated carbocycles. The number of aromatic nitrogens is 2. The van der Waals surface area contributed by atoms with E-state index in [1.165, 1.54) is 5.69 Å². The number of imidazole rings is 1. The minimum atomic E-state index is 0.267. The van der Waals surface area contributed by atoms with Crippen molar-refractivity contribution in [3.63, 3.8) is 0 Å². The van der Waals surface area contributed by atoms with E-state index in [1.807, 2.05) is 18.3 Å². The average molecular weight is 229 g/mol. The summed E-state index contributed by atoms with van der Waals surface area (Å²) in [5.41, 5.74) is 2.09. The van der Waals surface area contributed by atoms with Gasteiger partial charge in [-0.05, 0) is 25.1 Å². The molecule has 4 nitrogen and oxygen atoms in total. The first kappa shape index (κ1) is 10.4. The molecular formula is C13H15N3O. The van der Waals surface area contributed by atoms with Gasteiger partial charge in [0.05, 0.1) is 0 Å². The molecule has 0 amide bonds. The summed E-state index contributed by atoms with van der Waals surface area (Å²) in [4.78, 5) is 7.71. The third kappa shape index (κ3) is 2.03. The summed E-state index contributed by atoms with van der Waals surface area (Å²) in [5.74, 6) is 1.62. The highest BCUT2D eigenvalue weighted by molar-refractivity contribution is 5.57. The number of aromatic hydroxyl groups is 1. The smallest absolute Gasteiger partial charge is 0.137 e. The Kier molecular flexibility index (Phi) is 2.57. The molecule has 4 heteroatoms. The average Bonchev–Trinajstić information content (AvgIpc) is 3.00. The minimum absolute atomic E-state index is 0.267. The van der Waals surface area contributed by atoms with Crippen LogP contribution in [-0.4, -0.2) is 28.2 Å². The summed E-state index contributed by atoms with van der Waals surface area (Å²) in [6.07, 6.45) is 3.05. The van der Waals surface area contributed by atoms with E-state index < -0.39 is 0 Å². The summed E-state index contributed by atoms with van der Waals surface area (Å²) >= 11 is 0. The Morgan fingerprint density at radius 1 is 1.35 bits per heavy atom. The van der Waals surface area contributed by atoms with Crippen LogP contribution in [0.3, 0.4) is 0 Å². The molecule has 1 atom stereocenters. The summed E-state index contributed by atoms with van der Waals surface area (Å²) < 4.78 is 0. The van der Waals surface area contributed by atoms with Crippen molar-refractivity contribution in [2.75, 3.05) is 13.1 Å². The van der Waals surface area contributed by atoms with Gasteiger partial charge in [0, 0.05) is 29.9 Å². The molecule has 88 valence electrons. The molecule has 0 spiro atoms. The molecule has 2 aromatic rings. The fourth-order valence-electron chi connectivity index (χ4n) is 2.26. The lowest BCUT2D eigenvalue weighted by molar-refractivity contribution is 0.475. The van der Waals surface area contributed by atoms with E-state index in [4.69, 9.17) is 0 Å². The first-order valence-corrected chi connectivity index (χ1v) is 5.88. The number of benzene rings is 1. The van der Waals surface area contributed by atoms with Crippen molar-refractivity contribution < 1.29 is 5.11 Å². The zero-order valence-electron chi connectivity index (χ0n) is 9.48. The first-order chi connectivity index (χ1) is 8.33. The van der Waals surface area contributed by atoms with Gasteiger partial charge < -0.3 is 15.4 Å². The van der Waals surface area contributed by atoms with Crippen LogP contribution in [0.25, 0.3) is 11.4 Å². The zero-order chi connectivity index (χ0) is 11.7. The van der Waals surface area contributed by atoms with E-state index in [0.29, 0.717) is 5.92 Å². The number of nitrogens with one attached hydrogen (secondary N) is 2. The Hall–Kier alpha value is -1.81. The van der Waals surface area contributed by atoms with Gasteiger partial charge in [0.2, 0.25) is 0 Å². The molecule has 1 aliphatic heterocycles. The molecule has 17 heavy (non-hydrogen) atoms. The molecule has 2 heterocycles. The normalized spacial score (nSPS) is 19.6. The third-order valence-electron chi connectivity index (χ3n) is 3.22. The van der Waals surface area contributed by atoms with E-state index >= 15 is 0 Å². The van der Waals surface area contributed by atoms with Crippen molar-refractivity contribution in [2.24, 2.45) is 0 Å². The predicted octanol–water partition coefficient (Wildman–Crippen LogP) is 1.86. The van der Waals surface area contributed by atoms with Crippen molar-refractivity contribution >= 4 is 0 Å². The summed E-state index contributed by atoms with van der Waals surface area (Å²) in [6, 6.07) is 7.14. The third-order valence-corrected chi connectivity index (χ3v) is 3.22. The van der Waals surface area contributed by atoms with Gasteiger partial charge in [-0.2, -0.15) is 0 Å². The Morgan fingerprint density at radius 2 is 2.29 bits per heavy atom. The van der Waals surface area contributed by atoms with Crippen molar-refractivity contribution in [2.45, 2.75) is 12.3 Å². The fraction of sp³-hybridized carbons (Fsp3) is 0.308. The highest BCUT2D eigenvalue weighted by Crippen LogP contribution is 2.25. The maximum atomic E-state index is 9.44. The quantitative estimate of drug-likeness (QED) is 0.736. The predicted molar refractivity (Wildman–Crippen MR) is 65.9 cm³/mol. The standard InChI is InChI=1S/C13H15N3O/c17-11-3-1-2-9(6-11)13-15-8-12(16-13)10-4-5-14-7-10/h1-3,6,8,10,14,17H,4-5,7H2,(H,15,16). The molecule has 1 saturated heterocycles. The van der Waals surface area contributed by atoms with Crippen LogP contribution in [0.1, 0.15) is 18.0 Å². The number of phenols is 1. The topological polar surface area (TPSA) is 60.9 Å². The maximum Gasteiger partial charge on any atom is 0.137 e. The lowest BCUT2D eigenvalue weighted by atomic mass is 10.1. The maximum absolute atomic E-state index is 9.44. The summed E-state index contributed by atoms with van der Waals surface area (Å²) in [5, 5.41) is 12.8. The van der Waals surface area contributed by atoms with Crippen molar-refractivity contribution in [3.8, 4) is 17.1 Å².